The van der Waals surface area contributed by atoms with Crippen molar-refractivity contribution in [3.05, 3.63) is 0 Å². The van der Waals surface area contributed by atoms with Crippen molar-refractivity contribution < 1.29 is 0 Å². The molecule has 94 valence electrons. The van der Waals surface area contributed by atoms with Crippen molar-refractivity contribution in [2.45, 2.75) is 0 Å². The fraction of sp³-hybridized carbons (Fsp3) is 0. The van der Waals surface area contributed by atoms with Crippen LogP contribution in [0.5, 0.6) is 0 Å². The highest BCUT2D eigenvalue weighted by molar-refractivity contribution is 8.10. The van der Waals surface area contributed by atoms with E-state index in [0.29, 0.717) is 0 Å². The molecule has 0 rings (SSSR count). The van der Waals surface area contributed by atoms with Crippen molar-refractivity contribution in [2.75, 3.05) is 0 Å². The lowest BCUT2D eigenvalue weighted by molar-refractivity contribution is 3.49. The van der Waals surface area contributed by atoms with E-state index < -0.39 is 23.5 Å². The van der Waals surface area contributed by atoms with E-state index in [-0.39, 0.29) is 0 Å². The van der Waals surface area contributed by atoms with Gasteiger partial charge in [0, 0.05) is 0 Å². The van der Waals surface area contributed by atoms with Crippen molar-refractivity contribution in [2.24, 2.45) is 0 Å². The van der Waals surface area contributed by atoms with E-state index in [9.17, 15) is 0 Å². The molecule has 0 aliphatic rings. The minimum absolute atomic E-state index is 1.98. The molecule has 0 spiro atoms. The number of halogens is 11. The third kappa shape index (κ3) is 12.8. The van der Waals surface area contributed by atoms with Crippen LogP contribution in [0.4, 0.5) is 0 Å². The van der Waals surface area contributed by atoms with Crippen LogP contribution in [0.3, 0.4) is 0 Å². The van der Waals surface area contributed by atoms with E-state index >= 15 is 0 Å². The molecular weight excluding hydrogens is 502 g/mol. The molecule has 0 unspecified atom stereocenters. The van der Waals surface area contributed by atoms with Gasteiger partial charge in [-0.1, -0.05) is 0 Å². The lowest BCUT2D eigenvalue weighted by Crippen LogP contribution is -2.36. The van der Waals surface area contributed by atoms with Crippen LogP contribution in [0, 0.1) is 0 Å². The first kappa shape index (κ1) is 21.4. The lowest BCUT2D eigenvalue weighted by atomic mass is 26.7. The SMILES string of the molecule is Cl[SiH](Cl)[Si](Cl)(Cl)Cl.Cl[Si](Cl)(Cl)[Si](Cl)(Cl)Cl. The Labute approximate surface area is 143 Å². The van der Waals surface area contributed by atoms with Gasteiger partial charge < -0.3 is 0 Å². The summed E-state index contributed by atoms with van der Waals surface area (Å²) in [4.78, 5) is 0. The molecular formula is HCl11Si4. The molecule has 0 aromatic heterocycles. The van der Waals surface area contributed by atoms with E-state index in [2.05, 4.69) is 0 Å². The highest BCUT2D eigenvalue weighted by Gasteiger charge is 2.52. The molecule has 0 heterocycles. The van der Waals surface area contributed by atoms with Crippen LogP contribution in [-0.2, 0) is 0 Å². The first-order valence-electron chi connectivity index (χ1n) is 2.68. The van der Waals surface area contributed by atoms with Crippen molar-refractivity contribution in [1.29, 1.82) is 0 Å². The molecule has 0 aliphatic carbocycles. The summed E-state index contributed by atoms with van der Waals surface area (Å²) in [6, 6.07) is 0. The molecule has 0 saturated heterocycles. The number of hydrogen-bond donors (Lipinski definition) is 0. The van der Waals surface area contributed by atoms with Gasteiger partial charge in [-0.3, -0.25) is 0 Å². The molecule has 0 nitrogen and oxygen atoms in total. The van der Waals surface area contributed by atoms with Crippen molar-refractivity contribution in [3.63, 3.8) is 0 Å². The number of rotatable bonds is 2. The summed E-state index contributed by atoms with van der Waals surface area (Å²) >= 11 is 58.7. The lowest BCUT2D eigenvalue weighted by Gasteiger charge is -2.12. The molecule has 15 heteroatoms. The summed E-state index contributed by atoms with van der Waals surface area (Å²) in [7, 11) is 0. The molecule has 0 bridgehead atoms. The topological polar surface area (TPSA) is 0 Å². The molecule has 0 aromatic carbocycles. The van der Waals surface area contributed by atoms with Crippen molar-refractivity contribution >= 4 is 145 Å². The number of hydrogen-bond acceptors (Lipinski definition) is 0. The van der Waals surface area contributed by atoms with Crippen LogP contribution in [0.2, 0.25) is 0 Å². The van der Waals surface area contributed by atoms with Gasteiger partial charge in [0.15, 0.2) is 0 Å². The summed E-state index contributed by atoms with van der Waals surface area (Å²) in [6.07, 6.45) is 0. The van der Waals surface area contributed by atoms with E-state index in [1.807, 2.05) is 0 Å². The van der Waals surface area contributed by atoms with E-state index in [4.69, 9.17) is 122 Å². The maximum atomic E-state index is 5.34. The first-order valence-corrected chi connectivity index (χ1v) is 24.1. The smallest absolute Gasteiger partial charge is 0.149 e. The molecule has 0 N–H and O–H groups in total. The average Bonchev–Trinajstić information content (AvgIpc) is 1.80. The molecule has 0 aromatic rings. The zero-order valence-electron chi connectivity index (χ0n) is 6.23. The van der Waals surface area contributed by atoms with Crippen LogP contribution in [-0.4, -0.2) is 23.5 Å². The molecule has 0 atom stereocenters. The Hall–Kier alpha value is 4.06. The predicted octanol–water partition coefficient (Wildman–Crippen LogP) is 5.79. The van der Waals surface area contributed by atoms with Crippen LogP contribution >= 0.6 is 122 Å². The zero-order chi connectivity index (χ0) is 13.1. The van der Waals surface area contributed by atoms with Crippen molar-refractivity contribution in [3.8, 4) is 0 Å². The van der Waals surface area contributed by atoms with Gasteiger partial charge in [-0.15, -0.1) is 122 Å². The second-order valence-electron chi connectivity index (χ2n) is 1.84. The van der Waals surface area contributed by atoms with Gasteiger partial charge in [0.25, 0.3) is 6.93 Å². The second kappa shape index (κ2) is 8.37. The van der Waals surface area contributed by atoms with Gasteiger partial charge in [0.05, 0.1) is 0 Å². The Morgan fingerprint density at radius 1 is 0.533 bits per heavy atom. The fourth-order valence-electron chi connectivity index (χ4n) is 0. The first-order chi connectivity index (χ1) is 6.19. The van der Waals surface area contributed by atoms with Crippen molar-refractivity contribution in [1.82, 2.24) is 0 Å². The molecule has 0 fully saturated rings. The van der Waals surface area contributed by atoms with Gasteiger partial charge >= 0.3 is 16.6 Å². The van der Waals surface area contributed by atoms with Crippen LogP contribution in [0.1, 0.15) is 0 Å². The predicted molar refractivity (Wildman–Crippen MR) is 88.8 cm³/mol. The van der Waals surface area contributed by atoms with E-state index in [0.717, 1.165) is 0 Å². The van der Waals surface area contributed by atoms with E-state index in [1.54, 1.807) is 0 Å². The molecule has 0 aliphatic heterocycles. The summed E-state index contributed by atoms with van der Waals surface area (Å²) in [5.41, 5.74) is -8.66. The summed E-state index contributed by atoms with van der Waals surface area (Å²) in [5.74, 6) is 0. The molecule has 0 amide bonds. The normalized spacial score (nSPS) is 13.6. The molecule has 0 radical (unpaired) electrons. The highest BCUT2D eigenvalue weighted by Crippen LogP contribution is 2.39. The third-order valence-corrected chi connectivity index (χ3v) is 46.1. The Bertz CT molecular complexity index is 154. The minimum atomic E-state index is -3.01. The summed E-state index contributed by atoms with van der Waals surface area (Å²) in [5, 5.41) is 0. The van der Waals surface area contributed by atoms with Gasteiger partial charge in [-0.2, -0.15) is 0 Å². The zero-order valence-corrected chi connectivity index (χ0v) is 18.7. The molecule has 15 heavy (non-hydrogen) atoms. The maximum Gasteiger partial charge on any atom is 0.376 e. The van der Waals surface area contributed by atoms with Crippen LogP contribution in [0.15, 0.2) is 0 Å². The Balaban J connectivity index is 0. The van der Waals surface area contributed by atoms with E-state index in [1.165, 1.54) is 0 Å². The quantitative estimate of drug-likeness (QED) is 0.331. The summed E-state index contributed by atoms with van der Waals surface area (Å²) < 4.78 is 0. The Morgan fingerprint density at radius 2 is 0.667 bits per heavy atom. The Morgan fingerprint density at radius 3 is 0.667 bits per heavy atom. The van der Waals surface area contributed by atoms with Crippen LogP contribution < -0.4 is 0 Å². The van der Waals surface area contributed by atoms with Gasteiger partial charge in [0.2, 0.25) is 0 Å². The second-order valence-corrected chi connectivity index (χ2v) is 49.6. The van der Waals surface area contributed by atoms with Crippen LogP contribution in [0.25, 0.3) is 0 Å². The third-order valence-electron chi connectivity index (χ3n) is 0.569. The van der Waals surface area contributed by atoms with Gasteiger partial charge in [-0.25, -0.2) is 0 Å². The average molecular weight is 503 g/mol. The monoisotopic (exact) mass is 498 g/mol. The Kier molecular flexibility index (Phi) is 11.9. The maximum absolute atomic E-state index is 5.34. The fourth-order valence-corrected chi connectivity index (χ4v) is 0. The molecule has 0 saturated carbocycles. The standard InChI is InChI=1S/Cl6Si2.Cl5HSi2/c1-7(2,3)8(4,5)6;1-6(2)7(3,4)5/h;6H. The highest BCUT2D eigenvalue weighted by atomic mass is 35.9. The van der Waals surface area contributed by atoms with Gasteiger partial charge in [-0.05, 0) is 0 Å². The van der Waals surface area contributed by atoms with Gasteiger partial charge in [0.1, 0.15) is 0 Å². The largest absolute Gasteiger partial charge is 0.376 e. The minimum Gasteiger partial charge on any atom is -0.149 e. The summed E-state index contributed by atoms with van der Waals surface area (Å²) in [6.45, 7) is -1.98.